The monoisotopic (exact) mass is 232 g/mol. The zero-order valence-electron chi connectivity index (χ0n) is 9.66. The third-order valence-electron chi connectivity index (χ3n) is 2.17. The summed E-state index contributed by atoms with van der Waals surface area (Å²) in [5, 5.41) is 0. The van der Waals surface area contributed by atoms with Crippen LogP contribution in [0.3, 0.4) is 0 Å². The Hall–Kier alpha value is -1.48. The molecule has 16 heavy (non-hydrogen) atoms. The Morgan fingerprint density at radius 2 is 2.00 bits per heavy atom. The molecule has 1 N–H and O–H groups in total. The number of benzene rings is 1. The topological polar surface area (TPSA) is 24.4 Å². The summed E-state index contributed by atoms with van der Waals surface area (Å²) < 4.78 is 3.31. The molecule has 0 saturated carbocycles. The van der Waals surface area contributed by atoms with Gasteiger partial charge in [0.05, 0.1) is 5.69 Å². The minimum atomic E-state index is 0.942. The molecular weight excluding hydrogens is 216 g/mol. The summed E-state index contributed by atoms with van der Waals surface area (Å²) in [6.07, 6.45) is 3.43. The van der Waals surface area contributed by atoms with Crippen molar-refractivity contribution in [2.75, 3.05) is 4.72 Å². The molecule has 0 atom stereocenters. The number of hydrogen-bond donors (Lipinski definition) is 1. The maximum atomic E-state index is 3.72. The smallest absolute Gasteiger partial charge is 0.0501 e. The maximum Gasteiger partial charge on any atom is 0.0501 e. The van der Waals surface area contributed by atoms with Crippen molar-refractivity contribution in [3.8, 4) is 0 Å². The fourth-order valence-electron chi connectivity index (χ4n) is 1.30. The summed E-state index contributed by atoms with van der Waals surface area (Å²) >= 11 is 1.49. The maximum absolute atomic E-state index is 3.72. The van der Waals surface area contributed by atoms with Crippen LogP contribution in [0.5, 0.6) is 0 Å². The van der Waals surface area contributed by atoms with Gasteiger partial charge in [0.2, 0.25) is 0 Å². The number of rotatable bonds is 5. The van der Waals surface area contributed by atoms with Gasteiger partial charge in [-0.3, -0.25) is 4.99 Å². The average molecular weight is 232 g/mol. The number of aryl methyl sites for hydroxylation is 2. The number of nitrogens with zero attached hydrogens (tertiary/aromatic N) is 1. The lowest BCUT2D eigenvalue weighted by molar-refractivity contribution is 1.39. The molecular formula is C13H16N2S. The van der Waals surface area contributed by atoms with Crippen molar-refractivity contribution in [1.29, 1.82) is 0 Å². The van der Waals surface area contributed by atoms with E-state index in [-0.39, 0.29) is 0 Å². The van der Waals surface area contributed by atoms with Crippen LogP contribution in [0.1, 0.15) is 11.1 Å². The van der Waals surface area contributed by atoms with Crippen molar-refractivity contribution in [3.05, 3.63) is 53.1 Å². The van der Waals surface area contributed by atoms with E-state index in [1.165, 1.54) is 23.1 Å². The van der Waals surface area contributed by atoms with Crippen LogP contribution in [0.2, 0.25) is 0 Å². The van der Waals surface area contributed by atoms with Crippen LogP contribution in [0, 0.1) is 13.8 Å². The predicted octanol–water partition coefficient (Wildman–Crippen LogP) is 4.09. The van der Waals surface area contributed by atoms with Gasteiger partial charge in [0.25, 0.3) is 0 Å². The Labute approximate surface area is 101 Å². The second kappa shape index (κ2) is 6.18. The summed E-state index contributed by atoms with van der Waals surface area (Å²) in [5.41, 5.74) is 3.59. The summed E-state index contributed by atoms with van der Waals surface area (Å²) in [6, 6.07) is 6.22. The van der Waals surface area contributed by atoms with Crippen LogP contribution in [0.15, 0.2) is 47.0 Å². The van der Waals surface area contributed by atoms with Gasteiger partial charge in [-0.2, -0.15) is 0 Å². The molecule has 0 amide bonds. The van der Waals surface area contributed by atoms with E-state index in [1.807, 2.05) is 0 Å². The fraction of sp³-hybridized carbons (Fsp3) is 0.154. The van der Waals surface area contributed by atoms with Crippen molar-refractivity contribution in [1.82, 2.24) is 0 Å². The second-order valence-corrected chi connectivity index (χ2v) is 4.27. The molecule has 0 fully saturated rings. The highest BCUT2D eigenvalue weighted by Crippen LogP contribution is 2.26. The van der Waals surface area contributed by atoms with Gasteiger partial charge < -0.3 is 4.72 Å². The molecule has 0 aliphatic carbocycles. The largest absolute Gasteiger partial charge is 0.325 e. The van der Waals surface area contributed by atoms with Crippen LogP contribution in [-0.4, -0.2) is 6.72 Å². The third-order valence-corrected chi connectivity index (χ3v) is 2.99. The summed E-state index contributed by atoms with van der Waals surface area (Å²) in [7, 11) is 0. The van der Waals surface area contributed by atoms with Crippen LogP contribution in [-0.2, 0) is 0 Å². The molecule has 1 aromatic rings. The minimum absolute atomic E-state index is 0.942. The molecule has 84 valence electrons. The van der Waals surface area contributed by atoms with E-state index in [1.54, 1.807) is 12.3 Å². The standard InChI is InChI=1S/C13H16N2S/c1-5-12(9-14-4)16-15-13-10(2)7-6-8-11(13)3/h5-9,15H,1,4H2,2-3H3/b12-9+. The molecule has 0 heterocycles. The van der Waals surface area contributed by atoms with E-state index in [0.29, 0.717) is 0 Å². The van der Waals surface area contributed by atoms with E-state index >= 15 is 0 Å². The van der Waals surface area contributed by atoms with Crippen LogP contribution in [0.25, 0.3) is 0 Å². The van der Waals surface area contributed by atoms with Crippen molar-refractivity contribution >= 4 is 24.4 Å². The van der Waals surface area contributed by atoms with E-state index < -0.39 is 0 Å². The molecule has 0 aliphatic heterocycles. The lowest BCUT2D eigenvalue weighted by atomic mass is 10.1. The van der Waals surface area contributed by atoms with Crippen LogP contribution in [0.4, 0.5) is 5.69 Å². The number of hydrogen-bond acceptors (Lipinski definition) is 3. The zero-order chi connectivity index (χ0) is 12.0. The zero-order valence-corrected chi connectivity index (χ0v) is 10.5. The van der Waals surface area contributed by atoms with Gasteiger partial charge in [-0.25, -0.2) is 0 Å². The molecule has 2 nitrogen and oxygen atoms in total. The molecule has 0 aliphatic rings. The molecule has 0 spiro atoms. The first-order chi connectivity index (χ1) is 7.69. The number of aliphatic imine (C=N–C) groups is 1. The molecule has 0 unspecified atom stereocenters. The van der Waals surface area contributed by atoms with Gasteiger partial charge in [0.15, 0.2) is 0 Å². The lowest BCUT2D eigenvalue weighted by Gasteiger charge is -2.11. The van der Waals surface area contributed by atoms with Gasteiger partial charge in [0.1, 0.15) is 0 Å². The molecule has 1 aromatic carbocycles. The van der Waals surface area contributed by atoms with Crippen molar-refractivity contribution in [2.45, 2.75) is 13.8 Å². The quantitative estimate of drug-likeness (QED) is 0.470. The Kier molecular flexibility index (Phi) is 4.86. The fourth-order valence-corrected chi connectivity index (χ4v) is 2.05. The average Bonchev–Trinajstić information content (AvgIpc) is 2.27. The van der Waals surface area contributed by atoms with Gasteiger partial charge in [0, 0.05) is 11.1 Å². The Bertz CT molecular complexity index is 402. The van der Waals surface area contributed by atoms with E-state index in [0.717, 1.165) is 10.6 Å². The highest BCUT2D eigenvalue weighted by Gasteiger charge is 2.01. The van der Waals surface area contributed by atoms with Crippen molar-refractivity contribution < 1.29 is 0 Å². The number of para-hydroxylation sites is 1. The first kappa shape index (κ1) is 12.6. The Balaban J connectivity index is 2.78. The predicted molar refractivity (Wildman–Crippen MR) is 75.0 cm³/mol. The van der Waals surface area contributed by atoms with Crippen LogP contribution >= 0.6 is 11.9 Å². The summed E-state index contributed by atoms with van der Waals surface area (Å²) in [5.74, 6) is 0. The van der Waals surface area contributed by atoms with Gasteiger partial charge in [-0.15, -0.1) is 0 Å². The molecule has 0 radical (unpaired) electrons. The lowest BCUT2D eigenvalue weighted by Crippen LogP contribution is -1.93. The molecule has 0 aromatic heterocycles. The highest BCUT2D eigenvalue weighted by molar-refractivity contribution is 8.04. The first-order valence-corrected chi connectivity index (χ1v) is 5.78. The molecule has 1 rings (SSSR count). The first-order valence-electron chi connectivity index (χ1n) is 4.96. The van der Waals surface area contributed by atoms with E-state index in [2.05, 4.69) is 55.1 Å². The minimum Gasteiger partial charge on any atom is -0.325 e. The summed E-state index contributed by atoms with van der Waals surface area (Å²) in [4.78, 5) is 4.66. The normalized spacial score (nSPS) is 11.0. The highest BCUT2D eigenvalue weighted by atomic mass is 32.2. The number of nitrogens with one attached hydrogen (secondary N) is 1. The summed E-state index contributed by atoms with van der Waals surface area (Å²) in [6.45, 7) is 11.3. The number of anilines is 1. The molecule has 0 saturated heterocycles. The molecule has 3 heteroatoms. The number of allylic oxidation sites excluding steroid dienone is 1. The SMILES string of the molecule is C=C/C(=C\N=C)SNc1c(C)cccc1C. The van der Waals surface area contributed by atoms with Crippen molar-refractivity contribution in [3.63, 3.8) is 0 Å². The third kappa shape index (κ3) is 3.28. The van der Waals surface area contributed by atoms with Gasteiger partial charge >= 0.3 is 0 Å². The Morgan fingerprint density at radius 3 is 2.50 bits per heavy atom. The van der Waals surface area contributed by atoms with Crippen LogP contribution < -0.4 is 4.72 Å². The van der Waals surface area contributed by atoms with E-state index in [4.69, 9.17) is 0 Å². The Morgan fingerprint density at radius 1 is 1.38 bits per heavy atom. The molecule has 0 bridgehead atoms. The van der Waals surface area contributed by atoms with Crippen molar-refractivity contribution in [2.24, 2.45) is 4.99 Å². The van der Waals surface area contributed by atoms with E-state index in [9.17, 15) is 0 Å². The second-order valence-electron chi connectivity index (χ2n) is 3.39. The van der Waals surface area contributed by atoms with Gasteiger partial charge in [-0.05, 0) is 43.6 Å². The van der Waals surface area contributed by atoms with Gasteiger partial charge in [-0.1, -0.05) is 30.9 Å².